The van der Waals surface area contributed by atoms with Crippen LogP contribution in [0.2, 0.25) is 0 Å². The molecule has 1 heterocycles. The van der Waals surface area contributed by atoms with Gasteiger partial charge in [0.1, 0.15) is 6.04 Å². The molecule has 1 aromatic heterocycles. The van der Waals surface area contributed by atoms with Crippen LogP contribution in [0.3, 0.4) is 0 Å². The predicted molar refractivity (Wildman–Crippen MR) is 76.1 cm³/mol. The first-order valence-electron chi connectivity index (χ1n) is 6.62. The average molecular weight is 260 g/mol. The van der Waals surface area contributed by atoms with E-state index in [1.165, 1.54) is 18.2 Å². The lowest BCUT2D eigenvalue weighted by molar-refractivity contribution is -0.143. The van der Waals surface area contributed by atoms with Crippen molar-refractivity contribution in [2.24, 2.45) is 0 Å². The number of rotatable bonds is 6. The van der Waals surface area contributed by atoms with Crippen molar-refractivity contribution in [1.82, 2.24) is 10.3 Å². The number of benzene rings is 1. The summed E-state index contributed by atoms with van der Waals surface area (Å²) in [5.41, 5.74) is 2.32. The van der Waals surface area contributed by atoms with Crippen molar-refractivity contribution in [1.29, 1.82) is 0 Å². The van der Waals surface area contributed by atoms with Crippen molar-refractivity contribution in [3.05, 3.63) is 36.0 Å². The van der Waals surface area contributed by atoms with Crippen molar-refractivity contribution in [3.63, 3.8) is 0 Å². The van der Waals surface area contributed by atoms with Crippen LogP contribution in [-0.2, 0) is 16.0 Å². The molecular weight excluding hydrogens is 240 g/mol. The number of ether oxygens (including phenoxy) is 1. The third-order valence-corrected chi connectivity index (χ3v) is 3.26. The van der Waals surface area contributed by atoms with Crippen molar-refractivity contribution >= 4 is 16.9 Å². The van der Waals surface area contributed by atoms with Crippen LogP contribution in [0.5, 0.6) is 0 Å². The van der Waals surface area contributed by atoms with Gasteiger partial charge in [0.05, 0.1) is 7.11 Å². The molecule has 0 unspecified atom stereocenters. The second kappa shape index (κ2) is 6.38. The summed E-state index contributed by atoms with van der Waals surface area (Å²) in [6.07, 6.45) is 1.60. The zero-order valence-corrected chi connectivity index (χ0v) is 11.4. The lowest BCUT2D eigenvalue weighted by atomic mass is 10.2. The van der Waals surface area contributed by atoms with Crippen LogP contribution in [0.1, 0.15) is 19.0 Å². The van der Waals surface area contributed by atoms with Crippen LogP contribution < -0.4 is 5.32 Å². The number of hydrogen-bond acceptors (Lipinski definition) is 3. The van der Waals surface area contributed by atoms with E-state index in [0.717, 1.165) is 24.9 Å². The molecule has 1 aromatic carbocycles. The number of esters is 1. The number of nitrogens with one attached hydrogen (secondary N) is 2. The quantitative estimate of drug-likeness (QED) is 0.783. The number of aromatic amines is 1. The van der Waals surface area contributed by atoms with E-state index in [1.54, 1.807) is 0 Å². The van der Waals surface area contributed by atoms with Crippen molar-refractivity contribution in [2.75, 3.05) is 13.7 Å². The van der Waals surface area contributed by atoms with Gasteiger partial charge < -0.3 is 15.0 Å². The van der Waals surface area contributed by atoms with Gasteiger partial charge in [-0.05, 0) is 30.4 Å². The fourth-order valence-electron chi connectivity index (χ4n) is 2.19. The molecule has 0 saturated carbocycles. The van der Waals surface area contributed by atoms with Gasteiger partial charge in [0.2, 0.25) is 0 Å². The third kappa shape index (κ3) is 3.35. The molecule has 4 nitrogen and oxygen atoms in total. The average Bonchev–Trinajstić information content (AvgIpc) is 2.85. The topological polar surface area (TPSA) is 54.1 Å². The predicted octanol–water partition coefficient (Wildman–Crippen LogP) is 2.25. The lowest BCUT2D eigenvalue weighted by Gasteiger charge is -2.13. The molecule has 0 bridgehead atoms. The highest BCUT2D eigenvalue weighted by Gasteiger charge is 2.15. The first kappa shape index (κ1) is 13.6. The van der Waals surface area contributed by atoms with E-state index in [4.69, 9.17) is 4.74 Å². The van der Waals surface area contributed by atoms with Crippen LogP contribution in [0.4, 0.5) is 0 Å². The Bertz CT molecular complexity index is 515. The van der Waals surface area contributed by atoms with Crippen LogP contribution in [0, 0.1) is 0 Å². The SMILES string of the molecule is CC[C@@H](NCCc1cc2ccccc2[nH]1)C(=O)OC. The van der Waals surface area contributed by atoms with Gasteiger partial charge in [-0.3, -0.25) is 4.79 Å². The Morgan fingerprint density at radius 1 is 1.42 bits per heavy atom. The summed E-state index contributed by atoms with van der Waals surface area (Å²) in [4.78, 5) is 14.8. The Hall–Kier alpha value is -1.81. The van der Waals surface area contributed by atoms with Gasteiger partial charge in [-0.1, -0.05) is 25.1 Å². The molecule has 1 atom stereocenters. The molecule has 0 aliphatic carbocycles. The van der Waals surface area contributed by atoms with E-state index in [2.05, 4.69) is 28.5 Å². The Kier molecular flexibility index (Phi) is 4.58. The number of methoxy groups -OCH3 is 1. The van der Waals surface area contributed by atoms with Crippen LogP contribution in [-0.4, -0.2) is 30.6 Å². The smallest absolute Gasteiger partial charge is 0.322 e. The molecule has 2 rings (SSSR count). The van der Waals surface area contributed by atoms with Gasteiger partial charge in [0.25, 0.3) is 0 Å². The maximum atomic E-state index is 11.4. The minimum Gasteiger partial charge on any atom is -0.468 e. The number of hydrogen-bond donors (Lipinski definition) is 2. The number of H-pyrrole nitrogens is 1. The van der Waals surface area contributed by atoms with E-state index < -0.39 is 0 Å². The highest BCUT2D eigenvalue weighted by molar-refractivity contribution is 5.80. The van der Waals surface area contributed by atoms with Crippen molar-refractivity contribution < 1.29 is 9.53 Å². The molecule has 0 spiro atoms. The highest BCUT2D eigenvalue weighted by Crippen LogP contribution is 2.14. The molecule has 0 aliphatic rings. The monoisotopic (exact) mass is 260 g/mol. The van der Waals surface area contributed by atoms with Crippen LogP contribution >= 0.6 is 0 Å². The number of carbonyl (C=O) groups is 1. The number of carbonyl (C=O) groups excluding carboxylic acids is 1. The molecular formula is C15H20N2O2. The second-order valence-electron chi connectivity index (χ2n) is 4.57. The number of para-hydroxylation sites is 1. The summed E-state index contributed by atoms with van der Waals surface area (Å²) in [5, 5.41) is 4.44. The maximum absolute atomic E-state index is 11.4. The van der Waals surface area contributed by atoms with E-state index in [9.17, 15) is 4.79 Å². The van der Waals surface area contributed by atoms with Gasteiger partial charge >= 0.3 is 5.97 Å². The van der Waals surface area contributed by atoms with Crippen LogP contribution in [0.15, 0.2) is 30.3 Å². The number of aromatic nitrogens is 1. The summed E-state index contributed by atoms with van der Waals surface area (Å²) in [6.45, 7) is 2.72. The molecule has 0 aliphatic heterocycles. The first-order chi connectivity index (χ1) is 9.24. The van der Waals surface area contributed by atoms with Gasteiger partial charge in [-0.15, -0.1) is 0 Å². The molecule has 0 radical (unpaired) electrons. The summed E-state index contributed by atoms with van der Waals surface area (Å²) in [7, 11) is 1.42. The summed E-state index contributed by atoms with van der Waals surface area (Å²) in [5.74, 6) is -0.195. The number of fused-ring (bicyclic) bond motifs is 1. The fourth-order valence-corrected chi connectivity index (χ4v) is 2.19. The minimum absolute atomic E-state index is 0.195. The fraction of sp³-hybridized carbons (Fsp3) is 0.400. The van der Waals surface area contributed by atoms with E-state index in [0.29, 0.717) is 0 Å². The third-order valence-electron chi connectivity index (χ3n) is 3.26. The molecule has 19 heavy (non-hydrogen) atoms. The van der Waals surface area contributed by atoms with E-state index in [1.807, 2.05) is 19.1 Å². The normalized spacial score (nSPS) is 12.5. The molecule has 102 valence electrons. The Morgan fingerprint density at radius 2 is 2.21 bits per heavy atom. The van der Waals surface area contributed by atoms with Gasteiger partial charge in [0, 0.05) is 17.8 Å². The van der Waals surface area contributed by atoms with E-state index >= 15 is 0 Å². The Labute approximate surface area is 113 Å². The maximum Gasteiger partial charge on any atom is 0.322 e. The van der Waals surface area contributed by atoms with Gasteiger partial charge in [-0.2, -0.15) is 0 Å². The zero-order valence-electron chi connectivity index (χ0n) is 11.4. The van der Waals surface area contributed by atoms with Crippen molar-refractivity contribution in [2.45, 2.75) is 25.8 Å². The Morgan fingerprint density at radius 3 is 2.89 bits per heavy atom. The molecule has 0 fully saturated rings. The molecule has 0 amide bonds. The summed E-state index contributed by atoms with van der Waals surface area (Å²) >= 11 is 0. The summed E-state index contributed by atoms with van der Waals surface area (Å²) < 4.78 is 4.74. The first-order valence-corrected chi connectivity index (χ1v) is 6.62. The summed E-state index contributed by atoms with van der Waals surface area (Å²) in [6, 6.07) is 10.1. The van der Waals surface area contributed by atoms with Gasteiger partial charge in [-0.25, -0.2) is 0 Å². The zero-order chi connectivity index (χ0) is 13.7. The standard InChI is InChI=1S/C15H20N2O2/c1-3-13(15(18)19-2)16-9-8-12-10-11-6-4-5-7-14(11)17-12/h4-7,10,13,16-17H,3,8-9H2,1-2H3/t13-/m1/s1. The van der Waals surface area contributed by atoms with Gasteiger partial charge in [0.15, 0.2) is 0 Å². The second-order valence-corrected chi connectivity index (χ2v) is 4.57. The largest absolute Gasteiger partial charge is 0.468 e. The van der Waals surface area contributed by atoms with Crippen LogP contribution in [0.25, 0.3) is 10.9 Å². The molecule has 2 aromatic rings. The highest BCUT2D eigenvalue weighted by atomic mass is 16.5. The molecule has 0 saturated heterocycles. The van der Waals surface area contributed by atoms with Crippen molar-refractivity contribution in [3.8, 4) is 0 Å². The molecule has 4 heteroatoms. The molecule has 2 N–H and O–H groups in total. The lowest BCUT2D eigenvalue weighted by Crippen LogP contribution is -2.38. The minimum atomic E-state index is -0.214. The Balaban J connectivity index is 1.90. The van der Waals surface area contributed by atoms with E-state index in [-0.39, 0.29) is 12.0 Å².